The van der Waals surface area contributed by atoms with Gasteiger partial charge in [-0.1, -0.05) is 40.2 Å². The van der Waals surface area contributed by atoms with Crippen LogP contribution in [0.1, 0.15) is 99.3 Å². The van der Waals surface area contributed by atoms with E-state index in [9.17, 15) is 65.1 Å². The lowest BCUT2D eigenvalue weighted by Crippen LogP contribution is -2.69. The van der Waals surface area contributed by atoms with Crippen molar-refractivity contribution < 1.29 is 84.1 Å². The van der Waals surface area contributed by atoms with Crippen molar-refractivity contribution in [2.45, 2.75) is 167 Å². The SMILES string of the molecule is C[C@]1(C(=O)O)CC[C@]2(C)CC[C@]3(C)C(=CC(=O)[C@@H]4[C@@]5(C)CC[C@H](O[C@@H]6O[C@H](C(=O)O)[C@@H](O)[C@H](O)[C@H]6O[C@@H]6O[C@H](C(=O)O)[C@H](O)[C@H](O)[C@H]6O)[C@](C)(CO)[C@@H]5CC[C@]43C)[C@@H]2C1. The molecule has 9 N–H and O–H groups in total. The lowest BCUT2D eigenvalue weighted by Gasteiger charge is -2.70. The number of ether oxygens (including phenoxy) is 4. The van der Waals surface area contributed by atoms with Crippen LogP contribution in [-0.4, -0.2) is 144 Å². The molecule has 17 nitrogen and oxygen atoms in total. The molecular formula is C42H62O17. The van der Waals surface area contributed by atoms with Crippen LogP contribution in [0.25, 0.3) is 0 Å². The summed E-state index contributed by atoms with van der Waals surface area (Å²) >= 11 is 0. The van der Waals surface area contributed by atoms with Crippen LogP contribution < -0.4 is 0 Å². The smallest absolute Gasteiger partial charge is 0.335 e. The number of hydrogen-bond acceptors (Lipinski definition) is 14. The second-order valence-electron chi connectivity index (χ2n) is 20.5. The van der Waals surface area contributed by atoms with Gasteiger partial charge in [0.1, 0.15) is 36.6 Å². The standard InChI is InChI=1S/C42H62O17/c1-37-11-12-38(2,36(54)55)16-19(37)18-15-20(44)31-39(3)9-8-22(40(4,17-43)21(39)7-10-42(31,6)41(18,5)14-13-37)56-35-30(26(48)25(47)29(58-35)33(52)53)59-34-27(49)23(45)24(46)28(57-34)32(50)51/h15,19,21-31,34-35,43,45-49H,7-14,16-17H2,1-6H3,(H,50,51)(H,52,53)(H,54,55)/t19-,21+,22-,23-,24+,25-,26-,27+,28-,29-,30+,31+,34-,35+,37+,38-,39-,40+,41+,42+/m0/s1. The molecule has 0 aromatic rings. The summed E-state index contributed by atoms with van der Waals surface area (Å²) in [5, 5.41) is 94.3. The Balaban J connectivity index is 1.19. The fraction of sp³-hybridized carbons (Fsp3) is 0.857. The molecule has 7 aliphatic rings. The zero-order valence-electron chi connectivity index (χ0n) is 34.5. The molecule has 332 valence electrons. The number of carbonyl (C=O) groups is 4. The van der Waals surface area contributed by atoms with E-state index in [-0.39, 0.29) is 29.5 Å². The summed E-state index contributed by atoms with van der Waals surface area (Å²) in [4.78, 5) is 51.4. The molecular weight excluding hydrogens is 776 g/mol. The number of hydrogen-bond donors (Lipinski definition) is 9. The monoisotopic (exact) mass is 838 g/mol. The third-order valence-electron chi connectivity index (χ3n) is 17.4. The summed E-state index contributed by atoms with van der Waals surface area (Å²) in [7, 11) is 0. The first kappa shape index (κ1) is 44.5. The Morgan fingerprint density at radius 1 is 0.729 bits per heavy atom. The van der Waals surface area contributed by atoms with Crippen LogP contribution in [0.3, 0.4) is 0 Å². The van der Waals surface area contributed by atoms with Crippen LogP contribution in [0.15, 0.2) is 11.6 Å². The van der Waals surface area contributed by atoms with Crippen molar-refractivity contribution in [3.05, 3.63) is 11.6 Å². The molecule has 5 aliphatic carbocycles. The summed E-state index contributed by atoms with van der Waals surface area (Å²) in [5.74, 6) is -5.02. The molecule has 2 saturated heterocycles. The summed E-state index contributed by atoms with van der Waals surface area (Å²) < 4.78 is 23.2. The third-order valence-corrected chi connectivity index (χ3v) is 17.4. The van der Waals surface area contributed by atoms with Gasteiger partial charge in [-0.3, -0.25) is 9.59 Å². The minimum Gasteiger partial charge on any atom is -0.481 e. The van der Waals surface area contributed by atoms with Gasteiger partial charge in [0.15, 0.2) is 30.6 Å². The van der Waals surface area contributed by atoms with Crippen LogP contribution >= 0.6 is 0 Å². The predicted octanol–water partition coefficient (Wildman–Crippen LogP) is 1.22. The Hall–Kier alpha value is -2.58. The third kappa shape index (κ3) is 6.46. The van der Waals surface area contributed by atoms with Gasteiger partial charge in [0.2, 0.25) is 0 Å². The molecule has 7 rings (SSSR count). The zero-order chi connectivity index (χ0) is 43.6. The number of carbonyl (C=O) groups excluding carboxylic acids is 1. The first-order valence-corrected chi connectivity index (χ1v) is 20.9. The predicted molar refractivity (Wildman–Crippen MR) is 201 cm³/mol. The number of rotatable bonds is 8. The molecule has 6 fully saturated rings. The molecule has 0 radical (unpaired) electrons. The Morgan fingerprint density at radius 3 is 1.92 bits per heavy atom. The van der Waals surface area contributed by atoms with Crippen LogP contribution in [0.4, 0.5) is 0 Å². The van der Waals surface area contributed by atoms with Gasteiger partial charge in [0.25, 0.3) is 0 Å². The highest BCUT2D eigenvalue weighted by atomic mass is 16.8. The Morgan fingerprint density at radius 2 is 1.32 bits per heavy atom. The number of allylic oxidation sites excluding steroid dienone is 2. The number of fused-ring (bicyclic) bond motifs is 7. The quantitative estimate of drug-likeness (QED) is 0.155. The van der Waals surface area contributed by atoms with E-state index in [0.29, 0.717) is 32.1 Å². The van der Waals surface area contributed by atoms with E-state index in [1.165, 1.54) is 0 Å². The van der Waals surface area contributed by atoms with Crippen LogP contribution in [0, 0.1) is 50.2 Å². The van der Waals surface area contributed by atoms with Gasteiger partial charge in [0, 0.05) is 11.3 Å². The van der Waals surface area contributed by atoms with E-state index >= 15 is 0 Å². The van der Waals surface area contributed by atoms with Crippen LogP contribution in [-0.2, 0) is 38.1 Å². The lowest BCUT2D eigenvalue weighted by atomic mass is 9.33. The molecule has 17 heteroatoms. The largest absolute Gasteiger partial charge is 0.481 e. The van der Waals surface area contributed by atoms with Gasteiger partial charge in [-0.05, 0) is 104 Å². The van der Waals surface area contributed by atoms with Crippen molar-refractivity contribution in [1.29, 1.82) is 0 Å². The highest BCUT2D eigenvalue weighted by Crippen LogP contribution is 2.75. The lowest BCUT2D eigenvalue weighted by molar-refractivity contribution is -0.372. The van der Waals surface area contributed by atoms with Crippen molar-refractivity contribution >= 4 is 23.7 Å². The van der Waals surface area contributed by atoms with Crippen LogP contribution in [0.5, 0.6) is 0 Å². The van der Waals surface area contributed by atoms with E-state index in [4.69, 9.17) is 18.9 Å². The average Bonchev–Trinajstić information content (AvgIpc) is 3.16. The van der Waals surface area contributed by atoms with Gasteiger partial charge in [0.05, 0.1) is 18.1 Å². The number of carboxylic acid groups (broad SMARTS) is 3. The summed E-state index contributed by atoms with van der Waals surface area (Å²) in [6.45, 7) is 12.0. The van der Waals surface area contributed by atoms with Crippen molar-refractivity contribution in [3.8, 4) is 0 Å². The normalized spacial score (nSPS) is 53.5. The second kappa shape index (κ2) is 14.8. The fourth-order valence-corrected chi connectivity index (χ4v) is 13.4. The van der Waals surface area contributed by atoms with E-state index in [0.717, 1.165) is 24.8 Å². The Bertz CT molecular complexity index is 1750. The Labute approximate surface area is 342 Å². The van der Waals surface area contributed by atoms with E-state index < -0.39 is 125 Å². The molecule has 0 aromatic carbocycles. The minimum atomic E-state index is -2.10. The van der Waals surface area contributed by atoms with Crippen molar-refractivity contribution in [2.24, 2.45) is 50.2 Å². The van der Waals surface area contributed by atoms with E-state index in [1.54, 1.807) is 0 Å². The summed E-state index contributed by atoms with van der Waals surface area (Å²) in [5.41, 5.74) is -2.63. The maximum absolute atomic E-state index is 14.9. The van der Waals surface area contributed by atoms with Gasteiger partial charge in [-0.2, -0.15) is 0 Å². The van der Waals surface area contributed by atoms with Crippen molar-refractivity contribution in [2.75, 3.05) is 6.61 Å². The van der Waals surface area contributed by atoms with Crippen molar-refractivity contribution in [3.63, 3.8) is 0 Å². The summed E-state index contributed by atoms with van der Waals surface area (Å²) in [6, 6.07) is 0. The average molecular weight is 839 g/mol. The Kier molecular flexibility index (Phi) is 11.1. The fourth-order valence-electron chi connectivity index (χ4n) is 13.4. The van der Waals surface area contributed by atoms with Crippen molar-refractivity contribution in [1.82, 2.24) is 0 Å². The maximum Gasteiger partial charge on any atom is 0.335 e. The van der Waals surface area contributed by atoms with Gasteiger partial charge >= 0.3 is 17.9 Å². The molecule has 0 amide bonds. The molecule has 4 saturated carbocycles. The molecule has 0 unspecified atom stereocenters. The second-order valence-corrected chi connectivity index (χ2v) is 20.5. The van der Waals surface area contributed by atoms with Crippen LogP contribution in [0.2, 0.25) is 0 Å². The van der Waals surface area contributed by atoms with E-state index in [2.05, 4.69) is 27.7 Å². The molecule has 0 aromatic heterocycles. The molecule has 59 heavy (non-hydrogen) atoms. The number of aliphatic hydroxyl groups excluding tert-OH is 6. The number of aliphatic hydroxyl groups is 6. The number of ketones is 1. The molecule has 2 aliphatic heterocycles. The molecule has 2 heterocycles. The van der Waals surface area contributed by atoms with E-state index in [1.807, 2.05) is 19.9 Å². The van der Waals surface area contributed by atoms with Gasteiger partial charge < -0.3 is 64.9 Å². The number of aliphatic carboxylic acids is 3. The molecule has 0 spiro atoms. The first-order valence-electron chi connectivity index (χ1n) is 20.9. The zero-order valence-corrected chi connectivity index (χ0v) is 34.5. The first-order chi connectivity index (χ1) is 27.3. The molecule has 0 bridgehead atoms. The van der Waals surface area contributed by atoms with Gasteiger partial charge in [-0.15, -0.1) is 0 Å². The topological polar surface area (TPSA) is 287 Å². The summed E-state index contributed by atoms with van der Waals surface area (Å²) in [6.07, 6.45) is -13.8. The maximum atomic E-state index is 14.9. The highest BCUT2D eigenvalue weighted by molar-refractivity contribution is 5.95. The minimum absolute atomic E-state index is 0.0119. The van der Waals surface area contributed by atoms with Gasteiger partial charge in [-0.25, -0.2) is 9.59 Å². The molecule has 20 atom stereocenters. The highest BCUT2D eigenvalue weighted by Gasteiger charge is 2.71. The number of carboxylic acids is 3.